The van der Waals surface area contributed by atoms with Gasteiger partial charge in [-0.25, -0.2) is 22.0 Å². The Morgan fingerprint density at radius 1 is 1.14 bits per heavy atom. The van der Waals surface area contributed by atoms with Gasteiger partial charge in [-0.2, -0.15) is 0 Å². The van der Waals surface area contributed by atoms with Gasteiger partial charge in [0.1, 0.15) is 11.6 Å². The van der Waals surface area contributed by atoms with E-state index in [9.17, 15) is 22.0 Å². The highest BCUT2D eigenvalue weighted by Crippen LogP contribution is 2.36. The van der Waals surface area contributed by atoms with Crippen LogP contribution >= 0.6 is 0 Å². The minimum Gasteiger partial charge on any atom is -0.493 e. The van der Waals surface area contributed by atoms with E-state index < -0.39 is 30.7 Å². The summed E-state index contributed by atoms with van der Waals surface area (Å²) >= 11 is 0. The molecular weight excluding hydrogens is 307 g/mol. The lowest BCUT2D eigenvalue weighted by Crippen LogP contribution is -2.29. The molecule has 0 N–H and O–H groups in total. The van der Waals surface area contributed by atoms with Crippen molar-refractivity contribution in [2.75, 3.05) is 13.7 Å². The van der Waals surface area contributed by atoms with E-state index in [1.54, 1.807) is 0 Å². The van der Waals surface area contributed by atoms with E-state index in [0.29, 0.717) is 6.61 Å². The van der Waals surface area contributed by atoms with Gasteiger partial charge in [0.25, 0.3) is 0 Å². The molecule has 0 saturated carbocycles. The van der Waals surface area contributed by atoms with Gasteiger partial charge in [0.2, 0.25) is 0 Å². The molecule has 126 valence electrons. The second kappa shape index (κ2) is 7.76. The van der Waals surface area contributed by atoms with Crippen molar-refractivity contribution in [1.29, 1.82) is 0 Å². The summed E-state index contributed by atoms with van der Waals surface area (Å²) in [4.78, 5) is 0. The van der Waals surface area contributed by atoms with Crippen molar-refractivity contribution < 1.29 is 31.4 Å². The van der Waals surface area contributed by atoms with Gasteiger partial charge >= 0.3 is 12.3 Å². The molecule has 22 heavy (non-hydrogen) atoms. The number of hydrogen-bond acceptors (Lipinski definition) is 2. The predicted molar refractivity (Wildman–Crippen MR) is 72.1 cm³/mol. The van der Waals surface area contributed by atoms with E-state index in [0.717, 1.165) is 19.2 Å². The lowest BCUT2D eigenvalue weighted by Gasteiger charge is -2.22. The van der Waals surface area contributed by atoms with E-state index >= 15 is 0 Å². The van der Waals surface area contributed by atoms with Gasteiger partial charge in [0.15, 0.2) is 0 Å². The molecule has 0 aromatic heterocycles. The molecule has 0 aliphatic heterocycles. The molecule has 0 amide bonds. The zero-order chi connectivity index (χ0) is 16.9. The Kier molecular flexibility index (Phi) is 6.59. The smallest absolute Gasteiger partial charge is 0.310 e. The Hall–Kier alpha value is -1.37. The van der Waals surface area contributed by atoms with Crippen LogP contribution in [0.5, 0.6) is 5.75 Å². The number of halogens is 5. The fraction of sp³-hybridized carbons (Fsp3) is 0.600. The van der Waals surface area contributed by atoms with Crippen LogP contribution < -0.4 is 4.74 Å². The highest BCUT2D eigenvalue weighted by atomic mass is 19.3. The van der Waals surface area contributed by atoms with E-state index in [1.165, 1.54) is 6.07 Å². The zero-order valence-corrected chi connectivity index (χ0v) is 12.6. The molecule has 0 saturated heterocycles. The Morgan fingerprint density at radius 2 is 1.77 bits per heavy atom. The minimum atomic E-state index is -4.22. The Labute approximate surface area is 126 Å². The molecule has 1 aromatic carbocycles. The normalized spacial score (nSPS) is 13.7. The van der Waals surface area contributed by atoms with Gasteiger partial charge in [-0.1, -0.05) is 13.8 Å². The maximum atomic E-state index is 13.6. The predicted octanol–water partition coefficient (Wildman–Crippen LogP) is 4.84. The second-order valence-corrected chi connectivity index (χ2v) is 5.42. The number of rotatable bonds is 8. The molecule has 0 fully saturated rings. The van der Waals surface area contributed by atoms with Crippen LogP contribution in [0.1, 0.15) is 31.9 Å². The molecular formula is C15H19F5O2. The van der Waals surface area contributed by atoms with Crippen LogP contribution in [-0.2, 0) is 4.74 Å². The lowest BCUT2D eigenvalue weighted by atomic mass is 10.0. The highest BCUT2D eigenvalue weighted by molar-refractivity contribution is 5.31. The van der Waals surface area contributed by atoms with E-state index in [2.05, 4.69) is 0 Å². The molecule has 0 radical (unpaired) electrons. The number of alkyl halides is 4. The monoisotopic (exact) mass is 326 g/mol. The minimum absolute atomic E-state index is 0.0292. The third-order valence-electron chi connectivity index (χ3n) is 2.91. The molecule has 1 aromatic rings. The number of benzene rings is 1. The number of ether oxygens (including phenoxy) is 2. The Bertz CT molecular complexity index is 477. The van der Waals surface area contributed by atoms with Crippen LogP contribution in [0.3, 0.4) is 0 Å². The summed E-state index contributed by atoms with van der Waals surface area (Å²) in [6.07, 6.45) is -6.41. The lowest BCUT2D eigenvalue weighted by molar-refractivity contribution is -0.152. The van der Waals surface area contributed by atoms with Crippen LogP contribution in [0, 0.1) is 11.7 Å². The van der Waals surface area contributed by atoms with E-state index in [-0.39, 0.29) is 17.2 Å². The summed E-state index contributed by atoms with van der Waals surface area (Å²) < 4.78 is 74.6. The SMILES string of the molecule is COC(CC(F)(F)C(F)F)c1cc(F)cc(OCC(C)C)c1. The quantitative estimate of drug-likeness (QED) is 0.637. The third-order valence-corrected chi connectivity index (χ3v) is 2.91. The fourth-order valence-electron chi connectivity index (χ4n) is 1.79. The van der Waals surface area contributed by atoms with Gasteiger partial charge < -0.3 is 9.47 Å². The van der Waals surface area contributed by atoms with Crippen LogP contribution in [0.25, 0.3) is 0 Å². The molecule has 0 heterocycles. The number of hydrogen-bond donors (Lipinski definition) is 0. The van der Waals surface area contributed by atoms with Crippen molar-refractivity contribution in [2.24, 2.45) is 5.92 Å². The van der Waals surface area contributed by atoms with Crippen LogP contribution in [-0.4, -0.2) is 26.1 Å². The largest absolute Gasteiger partial charge is 0.493 e. The van der Waals surface area contributed by atoms with Gasteiger partial charge in [-0.05, 0) is 23.6 Å². The summed E-state index contributed by atoms with van der Waals surface area (Å²) in [5.74, 6) is -4.59. The fourth-order valence-corrected chi connectivity index (χ4v) is 1.79. The molecule has 1 atom stereocenters. The van der Waals surface area contributed by atoms with Crippen molar-refractivity contribution in [3.05, 3.63) is 29.6 Å². The first-order valence-electron chi connectivity index (χ1n) is 6.77. The van der Waals surface area contributed by atoms with Gasteiger partial charge in [0.05, 0.1) is 12.7 Å². The van der Waals surface area contributed by atoms with Gasteiger partial charge in [-0.15, -0.1) is 0 Å². The average molecular weight is 326 g/mol. The van der Waals surface area contributed by atoms with Crippen molar-refractivity contribution in [3.8, 4) is 5.75 Å². The standard InChI is InChI=1S/C15H19F5O2/c1-9(2)8-22-12-5-10(4-11(16)6-12)13(21-3)7-15(19,20)14(17)18/h4-6,9,13-14H,7-8H2,1-3H3. The van der Waals surface area contributed by atoms with E-state index in [1.807, 2.05) is 13.8 Å². The maximum absolute atomic E-state index is 13.6. The van der Waals surface area contributed by atoms with Crippen LogP contribution in [0.2, 0.25) is 0 Å². The van der Waals surface area contributed by atoms with Crippen molar-refractivity contribution >= 4 is 0 Å². The first-order valence-corrected chi connectivity index (χ1v) is 6.77. The molecule has 1 rings (SSSR count). The summed E-state index contributed by atoms with van der Waals surface area (Å²) in [5.41, 5.74) is 0.0292. The van der Waals surface area contributed by atoms with Gasteiger partial charge in [-0.3, -0.25) is 0 Å². The third kappa shape index (κ3) is 5.44. The molecule has 7 heteroatoms. The molecule has 0 aliphatic rings. The van der Waals surface area contributed by atoms with Crippen molar-refractivity contribution in [2.45, 2.75) is 38.7 Å². The molecule has 0 spiro atoms. The molecule has 2 nitrogen and oxygen atoms in total. The highest BCUT2D eigenvalue weighted by Gasteiger charge is 2.43. The van der Waals surface area contributed by atoms with Gasteiger partial charge in [0, 0.05) is 19.6 Å². The van der Waals surface area contributed by atoms with Crippen molar-refractivity contribution in [3.63, 3.8) is 0 Å². The number of methoxy groups -OCH3 is 1. The maximum Gasteiger partial charge on any atom is 0.310 e. The van der Waals surface area contributed by atoms with Crippen molar-refractivity contribution in [1.82, 2.24) is 0 Å². The Morgan fingerprint density at radius 3 is 2.27 bits per heavy atom. The molecule has 1 unspecified atom stereocenters. The summed E-state index contributed by atoms with van der Waals surface area (Å²) in [6, 6.07) is 3.39. The topological polar surface area (TPSA) is 18.5 Å². The van der Waals surface area contributed by atoms with Crippen LogP contribution in [0.15, 0.2) is 18.2 Å². The average Bonchev–Trinajstić information content (AvgIpc) is 2.41. The first kappa shape index (κ1) is 18.7. The van der Waals surface area contributed by atoms with Crippen LogP contribution in [0.4, 0.5) is 22.0 Å². The first-order chi connectivity index (χ1) is 10.2. The summed E-state index contributed by atoms with van der Waals surface area (Å²) in [6.45, 7) is 4.09. The summed E-state index contributed by atoms with van der Waals surface area (Å²) in [5, 5.41) is 0. The molecule has 0 bridgehead atoms. The Balaban J connectivity index is 2.96. The zero-order valence-electron chi connectivity index (χ0n) is 12.6. The second-order valence-electron chi connectivity index (χ2n) is 5.42. The van der Waals surface area contributed by atoms with E-state index in [4.69, 9.17) is 9.47 Å². The molecule has 0 aliphatic carbocycles. The summed E-state index contributed by atoms with van der Waals surface area (Å²) in [7, 11) is 1.10.